The molecule has 2 rings (SSSR count). The first kappa shape index (κ1) is 24.2. The van der Waals surface area contributed by atoms with Gasteiger partial charge in [0.25, 0.3) is 5.91 Å². The van der Waals surface area contributed by atoms with Crippen molar-refractivity contribution in [3.63, 3.8) is 0 Å². The molecule has 0 saturated carbocycles. The number of hydrogen-bond acceptors (Lipinski definition) is 5. The molecule has 0 fully saturated rings. The van der Waals surface area contributed by atoms with Crippen molar-refractivity contribution in [1.82, 2.24) is 10.2 Å². The minimum absolute atomic E-state index is 0.128. The quantitative estimate of drug-likeness (QED) is 0.337. The molecule has 0 atom stereocenters. The summed E-state index contributed by atoms with van der Waals surface area (Å²) in [4.78, 5) is 26.2. The largest absolute Gasteiger partial charge is 0.494 e. The second-order valence-electron chi connectivity index (χ2n) is 7.37. The van der Waals surface area contributed by atoms with Gasteiger partial charge in [-0.1, -0.05) is 19.1 Å². The summed E-state index contributed by atoms with van der Waals surface area (Å²) in [5, 5.41) is 2.89. The summed E-state index contributed by atoms with van der Waals surface area (Å²) in [5.41, 5.74) is 13.5. The lowest BCUT2D eigenvalue weighted by atomic mass is 10.2. The number of rotatable bonds is 13. The highest BCUT2D eigenvalue weighted by atomic mass is 16.5. The molecule has 7 nitrogen and oxygen atoms in total. The number of carbonyl (C=O) groups is 2. The van der Waals surface area contributed by atoms with Crippen LogP contribution in [0, 0.1) is 0 Å². The SMILES string of the molecule is CCC(=O)N(CCCCOc1ccc(CN)cc1)CCCNC(=O)c1ccc(N)cc1. The van der Waals surface area contributed by atoms with Crippen LogP contribution in [0.2, 0.25) is 0 Å². The van der Waals surface area contributed by atoms with Gasteiger partial charge >= 0.3 is 0 Å². The number of unbranched alkanes of at least 4 members (excludes halogenated alkanes) is 1. The van der Waals surface area contributed by atoms with Crippen molar-refractivity contribution in [1.29, 1.82) is 0 Å². The van der Waals surface area contributed by atoms with Gasteiger partial charge in [0.15, 0.2) is 0 Å². The summed E-state index contributed by atoms with van der Waals surface area (Å²) in [5.74, 6) is 0.823. The van der Waals surface area contributed by atoms with E-state index in [0.29, 0.717) is 56.9 Å². The highest BCUT2D eigenvalue weighted by molar-refractivity contribution is 5.94. The van der Waals surface area contributed by atoms with Crippen molar-refractivity contribution in [3.8, 4) is 5.75 Å². The van der Waals surface area contributed by atoms with Gasteiger partial charge in [-0.25, -0.2) is 0 Å². The van der Waals surface area contributed by atoms with Crippen molar-refractivity contribution in [2.24, 2.45) is 5.73 Å². The maximum Gasteiger partial charge on any atom is 0.251 e. The summed E-state index contributed by atoms with van der Waals surface area (Å²) in [6.45, 7) is 4.81. The number of nitrogens with one attached hydrogen (secondary N) is 1. The minimum Gasteiger partial charge on any atom is -0.494 e. The molecule has 0 heterocycles. The summed E-state index contributed by atoms with van der Waals surface area (Å²) in [6, 6.07) is 14.6. The normalized spacial score (nSPS) is 10.5. The zero-order chi connectivity index (χ0) is 22.5. The maximum absolute atomic E-state index is 12.2. The first-order valence-corrected chi connectivity index (χ1v) is 10.9. The third-order valence-electron chi connectivity index (χ3n) is 4.97. The molecule has 0 aliphatic carbocycles. The average molecular weight is 427 g/mol. The Labute approximate surface area is 184 Å². The zero-order valence-corrected chi connectivity index (χ0v) is 18.3. The van der Waals surface area contributed by atoms with Crippen LogP contribution < -0.4 is 21.5 Å². The van der Waals surface area contributed by atoms with Gasteiger partial charge in [0.05, 0.1) is 6.61 Å². The third-order valence-corrected chi connectivity index (χ3v) is 4.97. The number of benzene rings is 2. The Bertz CT molecular complexity index is 807. The van der Waals surface area contributed by atoms with E-state index in [1.807, 2.05) is 36.1 Å². The van der Waals surface area contributed by atoms with Gasteiger partial charge in [-0.3, -0.25) is 9.59 Å². The smallest absolute Gasteiger partial charge is 0.251 e. The van der Waals surface area contributed by atoms with Gasteiger partial charge < -0.3 is 26.4 Å². The van der Waals surface area contributed by atoms with Crippen molar-refractivity contribution in [2.75, 3.05) is 32.0 Å². The number of anilines is 1. The number of nitrogens with two attached hydrogens (primary N) is 2. The van der Waals surface area contributed by atoms with Gasteiger partial charge in [0, 0.05) is 43.9 Å². The standard InChI is InChI=1S/C24H34N4O3/c1-2-23(29)28(15-3-4-17-31-22-12-6-19(18-25)7-13-22)16-5-14-27-24(30)20-8-10-21(26)11-9-20/h6-13H,2-5,14-18,25-26H2,1H3,(H,27,30). The van der Waals surface area contributed by atoms with Crippen LogP contribution in [0.25, 0.3) is 0 Å². The van der Waals surface area contributed by atoms with E-state index in [1.165, 1.54) is 0 Å². The van der Waals surface area contributed by atoms with Crippen LogP contribution >= 0.6 is 0 Å². The lowest BCUT2D eigenvalue weighted by Gasteiger charge is -2.22. The van der Waals surface area contributed by atoms with Gasteiger partial charge in [-0.2, -0.15) is 0 Å². The number of nitrogen functional groups attached to an aromatic ring is 1. The molecule has 0 bridgehead atoms. The molecule has 0 aliphatic rings. The molecule has 0 saturated heterocycles. The van der Waals surface area contributed by atoms with Crippen LogP contribution in [0.15, 0.2) is 48.5 Å². The summed E-state index contributed by atoms with van der Waals surface area (Å²) < 4.78 is 5.75. The fourth-order valence-corrected chi connectivity index (χ4v) is 3.11. The summed E-state index contributed by atoms with van der Waals surface area (Å²) in [7, 11) is 0. The van der Waals surface area contributed by atoms with E-state index >= 15 is 0 Å². The van der Waals surface area contributed by atoms with E-state index in [2.05, 4.69) is 5.32 Å². The number of hydrogen-bond donors (Lipinski definition) is 3. The van der Waals surface area contributed by atoms with Crippen LogP contribution in [0.5, 0.6) is 5.75 Å². The molecule has 0 aliphatic heterocycles. The second-order valence-corrected chi connectivity index (χ2v) is 7.37. The summed E-state index contributed by atoms with van der Waals surface area (Å²) >= 11 is 0. The molecule has 0 spiro atoms. The first-order chi connectivity index (χ1) is 15.0. The molecule has 168 valence electrons. The molecular formula is C24H34N4O3. The van der Waals surface area contributed by atoms with Crippen LogP contribution in [-0.2, 0) is 11.3 Å². The van der Waals surface area contributed by atoms with E-state index in [-0.39, 0.29) is 11.8 Å². The fraction of sp³-hybridized carbons (Fsp3) is 0.417. The minimum atomic E-state index is -0.134. The number of ether oxygens (including phenoxy) is 1. The lowest BCUT2D eigenvalue weighted by Crippen LogP contribution is -2.34. The van der Waals surface area contributed by atoms with Gasteiger partial charge in [0.1, 0.15) is 5.75 Å². The van der Waals surface area contributed by atoms with Gasteiger partial charge in [-0.15, -0.1) is 0 Å². The van der Waals surface area contributed by atoms with Gasteiger partial charge in [0.2, 0.25) is 5.91 Å². The maximum atomic E-state index is 12.2. The second kappa shape index (κ2) is 13.3. The van der Waals surface area contributed by atoms with E-state index < -0.39 is 0 Å². The average Bonchev–Trinajstić information content (AvgIpc) is 2.80. The Morgan fingerprint density at radius 2 is 1.65 bits per heavy atom. The molecule has 31 heavy (non-hydrogen) atoms. The Morgan fingerprint density at radius 1 is 0.968 bits per heavy atom. The van der Waals surface area contributed by atoms with E-state index in [4.69, 9.17) is 16.2 Å². The van der Waals surface area contributed by atoms with Crippen LogP contribution in [-0.4, -0.2) is 43.0 Å². The van der Waals surface area contributed by atoms with Crippen LogP contribution in [0.4, 0.5) is 5.69 Å². The first-order valence-electron chi connectivity index (χ1n) is 10.9. The van der Waals surface area contributed by atoms with E-state index in [0.717, 1.165) is 24.2 Å². The molecule has 7 heteroatoms. The molecule has 0 aromatic heterocycles. The number of nitrogens with zero attached hydrogens (tertiary/aromatic N) is 1. The molecule has 0 radical (unpaired) electrons. The predicted octanol–water partition coefficient (Wildman–Crippen LogP) is 2.95. The summed E-state index contributed by atoms with van der Waals surface area (Å²) in [6.07, 6.45) is 2.91. The number of carbonyl (C=O) groups excluding carboxylic acids is 2. The van der Waals surface area contributed by atoms with E-state index in [1.54, 1.807) is 24.3 Å². The van der Waals surface area contributed by atoms with Crippen molar-refractivity contribution >= 4 is 17.5 Å². The molecule has 5 N–H and O–H groups in total. The Hall–Kier alpha value is -3.06. The molecule has 2 amide bonds. The topological polar surface area (TPSA) is 111 Å². The van der Waals surface area contributed by atoms with Crippen molar-refractivity contribution < 1.29 is 14.3 Å². The zero-order valence-electron chi connectivity index (χ0n) is 18.3. The molecule has 0 unspecified atom stereocenters. The fourth-order valence-electron chi connectivity index (χ4n) is 3.11. The monoisotopic (exact) mass is 426 g/mol. The van der Waals surface area contributed by atoms with E-state index in [9.17, 15) is 9.59 Å². The third kappa shape index (κ3) is 8.68. The predicted molar refractivity (Wildman–Crippen MR) is 124 cm³/mol. The Kier molecular flexibility index (Phi) is 10.4. The highest BCUT2D eigenvalue weighted by Crippen LogP contribution is 2.12. The lowest BCUT2D eigenvalue weighted by molar-refractivity contribution is -0.131. The van der Waals surface area contributed by atoms with Crippen molar-refractivity contribution in [2.45, 2.75) is 39.2 Å². The highest BCUT2D eigenvalue weighted by Gasteiger charge is 2.11. The van der Waals surface area contributed by atoms with Crippen LogP contribution in [0.1, 0.15) is 48.5 Å². The molecule has 2 aromatic carbocycles. The number of amides is 2. The molecular weight excluding hydrogens is 392 g/mol. The van der Waals surface area contributed by atoms with Crippen molar-refractivity contribution in [3.05, 3.63) is 59.7 Å². The molecule has 2 aromatic rings. The Balaban J connectivity index is 1.65. The Morgan fingerprint density at radius 3 is 2.29 bits per heavy atom. The van der Waals surface area contributed by atoms with Crippen LogP contribution in [0.3, 0.4) is 0 Å². The van der Waals surface area contributed by atoms with Gasteiger partial charge in [-0.05, 0) is 61.2 Å².